The van der Waals surface area contributed by atoms with E-state index >= 15 is 0 Å². The fourth-order valence-corrected chi connectivity index (χ4v) is 3.00. The molecule has 0 unspecified atom stereocenters. The summed E-state index contributed by atoms with van der Waals surface area (Å²) < 4.78 is 0. The van der Waals surface area contributed by atoms with E-state index in [1.54, 1.807) is 0 Å². The van der Waals surface area contributed by atoms with Crippen LogP contribution in [0.25, 0.3) is 5.57 Å². The highest BCUT2D eigenvalue weighted by Crippen LogP contribution is 2.45. The van der Waals surface area contributed by atoms with Gasteiger partial charge < -0.3 is 5.11 Å². The third kappa shape index (κ3) is 2.08. The zero-order chi connectivity index (χ0) is 14.5. The van der Waals surface area contributed by atoms with E-state index in [-0.39, 0.29) is 11.5 Å². The van der Waals surface area contributed by atoms with E-state index < -0.39 is 5.41 Å². The number of allylic oxidation sites excluding steroid dienone is 2. The van der Waals surface area contributed by atoms with Crippen LogP contribution in [0.3, 0.4) is 0 Å². The largest absolute Gasteiger partial charge is 0.511 e. The molecule has 1 aliphatic rings. The molecule has 0 amide bonds. The highest BCUT2D eigenvalue weighted by molar-refractivity contribution is 6.33. The van der Waals surface area contributed by atoms with E-state index in [1.807, 2.05) is 40.7 Å². The summed E-state index contributed by atoms with van der Waals surface area (Å²) in [5.41, 5.74) is 3.59. The van der Waals surface area contributed by atoms with E-state index in [4.69, 9.17) is 11.6 Å². The Bertz CT molecular complexity index is 610. The van der Waals surface area contributed by atoms with Crippen molar-refractivity contribution in [2.75, 3.05) is 0 Å². The Balaban J connectivity index is 2.77. The number of aliphatic hydroxyl groups is 1. The van der Waals surface area contributed by atoms with Crippen LogP contribution in [-0.2, 0) is 4.79 Å². The van der Waals surface area contributed by atoms with Crippen LogP contribution >= 0.6 is 11.6 Å². The molecule has 1 aromatic carbocycles. The number of carbonyl (C=O) groups excluding carboxylic acids is 1. The van der Waals surface area contributed by atoms with Gasteiger partial charge in [-0.15, -0.1) is 0 Å². The second-order valence-corrected chi connectivity index (χ2v) is 6.41. The van der Waals surface area contributed by atoms with Crippen LogP contribution in [0.1, 0.15) is 42.5 Å². The molecule has 0 aromatic heterocycles. The first-order valence-corrected chi connectivity index (χ1v) is 6.78. The average Bonchev–Trinajstić information content (AvgIpc) is 2.48. The van der Waals surface area contributed by atoms with Crippen molar-refractivity contribution in [3.8, 4) is 0 Å². The molecule has 0 saturated heterocycles. The first-order valence-electron chi connectivity index (χ1n) is 6.40. The van der Waals surface area contributed by atoms with Crippen molar-refractivity contribution in [3.05, 3.63) is 39.1 Å². The summed E-state index contributed by atoms with van der Waals surface area (Å²) in [6.07, 6.45) is 0.346. The summed E-state index contributed by atoms with van der Waals surface area (Å²) in [7, 11) is 0. The van der Waals surface area contributed by atoms with Crippen LogP contribution in [-0.4, -0.2) is 10.9 Å². The highest BCUT2D eigenvalue weighted by Gasteiger charge is 2.40. The molecule has 0 fully saturated rings. The Morgan fingerprint density at radius 3 is 2.26 bits per heavy atom. The lowest BCUT2D eigenvalue weighted by molar-refractivity contribution is -0.114. The van der Waals surface area contributed by atoms with Crippen LogP contribution in [0.2, 0.25) is 5.02 Å². The standard InChI is InChI=1S/C16H19ClO2/c1-8-6-9(2)14(17)10(3)12(8)13-11(18)7-16(4,5)15(13)19/h6,19H,7H2,1-5H3. The number of aryl methyl sites for hydroxylation is 2. The zero-order valence-electron chi connectivity index (χ0n) is 12.0. The quantitative estimate of drug-likeness (QED) is 0.819. The minimum absolute atomic E-state index is 0.00591. The molecule has 2 nitrogen and oxygen atoms in total. The Morgan fingerprint density at radius 2 is 1.79 bits per heavy atom. The third-order valence-corrected chi connectivity index (χ3v) is 4.47. The molecule has 1 N–H and O–H groups in total. The SMILES string of the molecule is Cc1cc(C)c(C2=C(O)C(C)(C)CC2=O)c(C)c1Cl. The first-order chi connectivity index (χ1) is 8.66. The fraction of sp³-hybridized carbons (Fsp3) is 0.438. The molecule has 1 aliphatic carbocycles. The van der Waals surface area contributed by atoms with Gasteiger partial charge in [-0.05, 0) is 43.0 Å². The number of hydrogen-bond donors (Lipinski definition) is 1. The summed E-state index contributed by atoms with van der Waals surface area (Å²) in [5.74, 6) is 0.178. The van der Waals surface area contributed by atoms with E-state index in [0.29, 0.717) is 17.0 Å². The summed E-state index contributed by atoms with van der Waals surface area (Å²) in [5, 5.41) is 11.0. The molecule has 2 rings (SSSR count). The zero-order valence-corrected chi connectivity index (χ0v) is 12.8. The van der Waals surface area contributed by atoms with Crippen LogP contribution < -0.4 is 0 Å². The second kappa shape index (κ2) is 4.38. The number of ketones is 1. The van der Waals surface area contributed by atoms with Gasteiger partial charge >= 0.3 is 0 Å². The molecule has 0 bridgehead atoms. The van der Waals surface area contributed by atoms with Gasteiger partial charge in [0.15, 0.2) is 5.78 Å². The number of Topliss-reactive ketones (excluding diaryl/α,β-unsaturated/α-hetero) is 1. The average molecular weight is 279 g/mol. The van der Waals surface area contributed by atoms with Gasteiger partial charge in [-0.25, -0.2) is 0 Å². The molecule has 0 saturated carbocycles. The monoisotopic (exact) mass is 278 g/mol. The fourth-order valence-electron chi connectivity index (χ4n) is 2.85. The van der Waals surface area contributed by atoms with E-state index in [9.17, 15) is 9.90 Å². The maximum absolute atomic E-state index is 12.2. The molecule has 3 heteroatoms. The number of hydrogen-bond acceptors (Lipinski definition) is 2. The number of halogens is 1. The molecule has 0 aliphatic heterocycles. The molecule has 1 aromatic rings. The Hall–Kier alpha value is -1.28. The highest BCUT2D eigenvalue weighted by atomic mass is 35.5. The predicted molar refractivity (Wildman–Crippen MR) is 78.6 cm³/mol. The molecule has 0 radical (unpaired) electrons. The molecule has 0 heterocycles. The van der Waals surface area contributed by atoms with E-state index in [1.165, 1.54) is 0 Å². The Kier molecular flexibility index (Phi) is 3.26. The minimum Gasteiger partial charge on any atom is -0.511 e. The van der Waals surface area contributed by atoms with Gasteiger partial charge in [-0.1, -0.05) is 31.5 Å². The minimum atomic E-state index is -0.483. The van der Waals surface area contributed by atoms with Crippen LogP contribution in [0, 0.1) is 26.2 Å². The molecule has 102 valence electrons. The smallest absolute Gasteiger partial charge is 0.167 e. The Morgan fingerprint density at radius 1 is 1.21 bits per heavy atom. The third-order valence-electron chi connectivity index (χ3n) is 3.89. The lowest BCUT2D eigenvalue weighted by atomic mass is 9.90. The van der Waals surface area contributed by atoms with Crippen molar-refractivity contribution < 1.29 is 9.90 Å². The van der Waals surface area contributed by atoms with Crippen LogP contribution in [0.15, 0.2) is 11.8 Å². The second-order valence-electron chi connectivity index (χ2n) is 6.03. The van der Waals surface area contributed by atoms with Crippen molar-refractivity contribution in [2.45, 2.75) is 41.0 Å². The van der Waals surface area contributed by atoms with E-state index in [2.05, 4.69) is 0 Å². The number of aliphatic hydroxyl groups excluding tert-OH is 1. The van der Waals surface area contributed by atoms with Gasteiger partial charge in [-0.2, -0.15) is 0 Å². The van der Waals surface area contributed by atoms with Crippen LogP contribution in [0.4, 0.5) is 0 Å². The van der Waals surface area contributed by atoms with Crippen molar-refractivity contribution in [1.29, 1.82) is 0 Å². The molecular weight excluding hydrogens is 260 g/mol. The molecule has 0 spiro atoms. The summed E-state index contributed by atoms with van der Waals surface area (Å²) in [4.78, 5) is 12.2. The maximum Gasteiger partial charge on any atom is 0.167 e. The van der Waals surface area contributed by atoms with Gasteiger partial charge in [0.1, 0.15) is 5.76 Å². The molecule has 0 atom stereocenters. The van der Waals surface area contributed by atoms with E-state index in [0.717, 1.165) is 22.3 Å². The van der Waals surface area contributed by atoms with Gasteiger partial charge in [-0.3, -0.25) is 4.79 Å². The lowest BCUT2D eigenvalue weighted by Crippen LogP contribution is -2.10. The topological polar surface area (TPSA) is 37.3 Å². The maximum atomic E-state index is 12.2. The Labute approximate surface area is 119 Å². The summed E-state index contributed by atoms with van der Waals surface area (Å²) >= 11 is 6.28. The lowest BCUT2D eigenvalue weighted by Gasteiger charge is -2.17. The van der Waals surface area contributed by atoms with Gasteiger partial charge in [0.05, 0.1) is 5.57 Å². The summed E-state index contributed by atoms with van der Waals surface area (Å²) in [6.45, 7) is 9.56. The summed E-state index contributed by atoms with van der Waals surface area (Å²) in [6, 6.07) is 1.96. The van der Waals surface area contributed by atoms with Crippen molar-refractivity contribution >= 4 is 23.0 Å². The molecule has 19 heavy (non-hydrogen) atoms. The first kappa shape index (κ1) is 14.1. The van der Waals surface area contributed by atoms with Crippen molar-refractivity contribution in [2.24, 2.45) is 5.41 Å². The number of benzene rings is 1. The van der Waals surface area contributed by atoms with Gasteiger partial charge in [0, 0.05) is 16.9 Å². The molecular formula is C16H19ClO2. The normalized spacial score (nSPS) is 18.3. The van der Waals surface area contributed by atoms with Crippen molar-refractivity contribution in [1.82, 2.24) is 0 Å². The predicted octanol–water partition coefficient (Wildman–Crippen LogP) is 4.53. The van der Waals surface area contributed by atoms with Crippen LogP contribution in [0.5, 0.6) is 0 Å². The van der Waals surface area contributed by atoms with Gasteiger partial charge in [0.2, 0.25) is 0 Å². The van der Waals surface area contributed by atoms with Crippen molar-refractivity contribution in [3.63, 3.8) is 0 Å². The number of rotatable bonds is 1. The number of carbonyl (C=O) groups is 1. The van der Waals surface area contributed by atoms with Gasteiger partial charge in [0.25, 0.3) is 0 Å².